The minimum atomic E-state index is -3.62. The summed E-state index contributed by atoms with van der Waals surface area (Å²) in [4.78, 5) is 7.22. The zero-order valence-corrected chi connectivity index (χ0v) is 14.7. The summed E-state index contributed by atoms with van der Waals surface area (Å²) in [5, 5.41) is 4.20. The Balaban J connectivity index is 0.00000169. The molecule has 0 unspecified atom stereocenters. The Hall–Kier alpha value is -1.96. The molecular weight excluding hydrogens is 348 g/mol. The number of fused-ring (bicyclic) bond motifs is 2. The molecule has 0 spiro atoms. The Bertz CT molecular complexity index is 986. The summed E-state index contributed by atoms with van der Waals surface area (Å²) in [6.07, 6.45) is 4.09. The summed E-state index contributed by atoms with van der Waals surface area (Å²) in [6.45, 7) is 1.73. The number of nitrogens with zero attached hydrogens (tertiary/aromatic N) is 4. The fourth-order valence-electron chi connectivity index (χ4n) is 2.89. The first-order valence-corrected chi connectivity index (χ1v) is 8.89. The first-order chi connectivity index (χ1) is 11.1. The van der Waals surface area contributed by atoms with Crippen molar-refractivity contribution in [3.05, 3.63) is 54.0 Å². The highest BCUT2D eigenvalue weighted by Gasteiger charge is 2.25. The molecule has 0 saturated heterocycles. The SMILES string of the molecule is CN1CCc2nc3c(S(=O)(=O)c4ccccc4)cnn3cc2C1.Cl. The van der Waals surface area contributed by atoms with E-state index in [1.165, 1.54) is 6.20 Å². The molecule has 0 bridgehead atoms. The number of rotatable bonds is 2. The Kier molecular flexibility index (Phi) is 4.33. The Morgan fingerprint density at radius 1 is 1.17 bits per heavy atom. The largest absolute Gasteiger partial charge is 0.302 e. The van der Waals surface area contributed by atoms with E-state index in [4.69, 9.17) is 0 Å². The number of aromatic nitrogens is 3. The van der Waals surface area contributed by atoms with Crippen LogP contribution in [0.25, 0.3) is 5.65 Å². The van der Waals surface area contributed by atoms with Crippen molar-refractivity contribution in [3.63, 3.8) is 0 Å². The lowest BCUT2D eigenvalue weighted by molar-refractivity contribution is 0.309. The smallest absolute Gasteiger partial charge is 0.211 e. The van der Waals surface area contributed by atoms with Gasteiger partial charge in [0.1, 0.15) is 4.90 Å². The van der Waals surface area contributed by atoms with Crippen molar-refractivity contribution in [1.82, 2.24) is 19.5 Å². The van der Waals surface area contributed by atoms with Crippen LogP contribution in [-0.2, 0) is 22.8 Å². The fraction of sp³-hybridized carbons (Fsp3) is 0.250. The second kappa shape index (κ2) is 6.16. The summed E-state index contributed by atoms with van der Waals surface area (Å²) < 4.78 is 27.2. The van der Waals surface area contributed by atoms with E-state index >= 15 is 0 Å². The topological polar surface area (TPSA) is 67.6 Å². The predicted octanol–water partition coefficient (Wildman–Crippen LogP) is 1.97. The molecule has 0 aliphatic carbocycles. The molecule has 0 atom stereocenters. The van der Waals surface area contributed by atoms with Crippen molar-refractivity contribution in [2.24, 2.45) is 0 Å². The molecule has 4 rings (SSSR count). The van der Waals surface area contributed by atoms with Crippen LogP contribution in [0.3, 0.4) is 0 Å². The van der Waals surface area contributed by atoms with Gasteiger partial charge in [0.15, 0.2) is 5.65 Å². The summed E-state index contributed by atoms with van der Waals surface area (Å²) >= 11 is 0. The monoisotopic (exact) mass is 364 g/mol. The van der Waals surface area contributed by atoms with Crippen LogP contribution in [0.1, 0.15) is 11.3 Å². The lowest BCUT2D eigenvalue weighted by atomic mass is 10.1. The maximum absolute atomic E-state index is 12.8. The molecule has 3 aromatic rings. The molecule has 126 valence electrons. The van der Waals surface area contributed by atoms with Gasteiger partial charge in [0.05, 0.1) is 16.8 Å². The molecule has 1 aliphatic heterocycles. The highest BCUT2D eigenvalue weighted by Crippen LogP contribution is 2.25. The Labute approximate surface area is 146 Å². The lowest BCUT2D eigenvalue weighted by Gasteiger charge is -2.23. The number of likely N-dealkylation sites (N-methyl/N-ethyl adjacent to an activating group) is 1. The summed E-state index contributed by atoms with van der Waals surface area (Å²) in [6, 6.07) is 8.39. The van der Waals surface area contributed by atoms with Crippen molar-refractivity contribution < 1.29 is 8.42 Å². The van der Waals surface area contributed by atoms with Gasteiger partial charge in [-0.2, -0.15) is 5.10 Å². The predicted molar refractivity (Wildman–Crippen MR) is 92.2 cm³/mol. The number of sulfone groups is 1. The molecule has 6 nitrogen and oxygen atoms in total. The molecule has 0 fully saturated rings. The van der Waals surface area contributed by atoms with E-state index in [0.717, 1.165) is 30.8 Å². The first kappa shape index (κ1) is 16.9. The zero-order chi connectivity index (χ0) is 16.0. The lowest BCUT2D eigenvalue weighted by Crippen LogP contribution is -2.27. The second-order valence-electron chi connectivity index (χ2n) is 5.79. The second-order valence-corrected chi connectivity index (χ2v) is 7.71. The fourth-order valence-corrected chi connectivity index (χ4v) is 4.23. The summed E-state index contributed by atoms with van der Waals surface area (Å²) in [7, 11) is -1.56. The minimum Gasteiger partial charge on any atom is -0.302 e. The van der Waals surface area contributed by atoms with Crippen LogP contribution in [0.2, 0.25) is 0 Å². The molecule has 0 radical (unpaired) electrons. The third-order valence-corrected chi connectivity index (χ3v) is 5.90. The van der Waals surface area contributed by atoms with Gasteiger partial charge >= 0.3 is 0 Å². The van der Waals surface area contributed by atoms with Gasteiger partial charge in [0.2, 0.25) is 9.84 Å². The molecule has 24 heavy (non-hydrogen) atoms. The molecule has 0 amide bonds. The molecule has 0 saturated carbocycles. The Morgan fingerprint density at radius 3 is 2.67 bits per heavy atom. The van der Waals surface area contributed by atoms with Gasteiger partial charge in [-0.15, -0.1) is 12.4 Å². The van der Waals surface area contributed by atoms with Crippen LogP contribution < -0.4 is 0 Å². The minimum absolute atomic E-state index is 0. The normalized spacial score (nSPS) is 15.0. The average Bonchev–Trinajstić information content (AvgIpc) is 2.97. The van der Waals surface area contributed by atoms with Crippen LogP contribution in [0.4, 0.5) is 0 Å². The maximum Gasteiger partial charge on any atom is 0.211 e. The molecule has 3 heterocycles. The zero-order valence-electron chi connectivity index (χ0n) is 13.1. The van der Waals surface area contributed by atoms with E-state index in [9.17, 15) is 8.42 Å². The van der Waals surface area contributed by atoms with E-state index in [2.05, 4.69) is 22.0 Å². The van der Waals surface area contributed by atoms with Crippen molar-refractivity contribution in [2.75, 3.05) is 13.6 Å². The summed E-state index contributed by atoms with van der Waals surface area (Å²) in [5.41, 5.74) is 2.45. The van der Waals surface area contributed by atoms with E-state index in [-0.39, 0.29) is 22.2 Å². The van der Waals surface area contributed by atoms with Gasteiger partial charge < -0.3 is 4.90 Å². The third-order valence-electron chi connectivity index (χ3n) is 4.14. The quantitative estimate of drug-likeness (QED) is 0.695. The molecular formula is C16H17ClN4O2S. The molecule has 0 N–H and O–H groups in total. The van der Waals surface area contributed by atoms with Crippen LogP contribution in [0.5, 0.6) is 0 Å². The average molecular weight is 365 g/mol. The highest BCUT2D eigenvalue weighted by molar-refractivity contribution is 7.91. The van der Waals surface area contributed by atoms with Crippen molar-refractivity contribution in [3.8, 4) is 0 Å². The van der Waals surface area contributed by atoms with E-state index < -0.39 is 9.84 Å². The van der Waals surface area contributed by atoms with Gasteiger partial charge in [-0.05, 0) is 19.2 Å². The highest BCUT2D eigenvalue weighted by atomic mass is 35.5. The van der Waals surface area contributed by atoms with E-state index in [1.807, 2.05) is 6.20 Å². The summed E-state index contributed by atoms with van der Waals surface area (Å²) in [5.74, 6) is 0. The van der Waals surface area contributed by atoms with Crippen molar-refractivity contribution in [1.29, 1.82) is 0 Å². The van der Waals surface area contributed by atoms with Crippen LogP contribution >= 0.6 is 12.4 Å². The van der Waals surface area contributed by atoms with Crippen molar-refractivity contribution >= 4 is 27.9 Å². The van der Waals surface area contributed by atoms with Gasteiger partial charge in [0.25, 0.3) is 0 Å². The molecule has 1 aromatic carbocycles. The first-order valence-electron chi connectivity index (χ1n) is 7.40. The van der Waals surface area contributed by atoms with Crippen molar-refractivity contribution in [2.45, 2.75) is 22.8 Å². The Morgan fingerprint density at radius 2 is 1.92 bits per heavy atom. The number of hydrogen-bond acceptors (Lipinski definition) is 5. The van der Waals surface area contributed by atoms with Gasteiger partial charge in [-0.3, -0.25) is 0 Å². The molecule has 2 aromatic heterocycles. The third kappa shape index (κ3) is 2.68. The van der Waals surface area contributed by atoms with E-state index in [0.29, 0.717) is 5.65 Å². The van der Waals surface area contributed by atoms with Gasteiger partial charge in [0, 0.05) is 31.3 Å². The van der Waals surface area contributed by atoms with E-state index in [1.54, 1.807) is 34.8 Å². The van der Waals surface area contributed by atoms with Gasteiger partial charge in [-0.25, -0.2) is 17.9 Å². The molecule has 8 heteroatoms. The standard InChI is InChI=1S/C16H16N4O2S.ClH/c1-19-8-7-14-12(10-19)11-20-16(18-14)15(9-17-20)23(21,22)13-5-3-2-4-6-13;/h2-6,9,11H,7-8,10H2,1H3;1H. The maximum atomic E-state index is 12.8. The molecule has 1 aliphatic rings. The van der Waals surface area contributed by atoms with Crippen LogP contribution in [0, 0.1) is 0 Å². The van der Waals surface area contributed by atoms with Crippen LogP contribution in [-0.4, -0.2) is 41.5 Å². The number of hydrogen-bond donors (Lipinski definition) is 0. The van der Waals surface area contributed by atoms with Crippen LogP contribution in [0.15, 0.2) is 52.5 Å². The number of halogens is 1. The number of benzene rings is 1. The van der Waals surface area contributed by atoms with Gasteiger partial charge in [-0.1, -0.05) is 18.2 Å².